The summed E-state index contributed by atoms with van der Waals surface area (Å²) in [5, 5.41) is 4.63. The van der Waals surface area contributed by atoms with Gasteiger partial charge in [0.25, 0.3) is 0 Å². The predicted octanol–water partition coefficient (Wildman–Crippen LogP) is 2.80. The molecule has 0 N–H and O–H groups in total. The van der Waals surface area contributed by atoms with Crippen LogP contribution in [0.25, 0.3) is 0 Å². The Morgan fingerprint density at radius 1 is 1.17 bits per heavy atom. The summed E-state index contributed by atoms with van der Waals surface area (Å²) in [4.78, 5) is 9.32. The molecule has 5 nitrogen and oxygen atoms in total. The van der Waals surface area contributed by atoms with Crippen LogP contribution in [0.1, 0.15) is 29.0 Å². The molecule has 4 rings (SSSR count). The lowest BCUT2D eigenvalue weighted by Crippen LogP contribution is -2.45. The molecule has 2 saturated heterocycles. The van der Waals surface area contributed by atoms with Crippen LogP contribution >= 0.6 is 11.6 Å². The quantitative estimate of drug-likeness (QED) is 0.806. The third kappa shape index (κ3) is 2.89. The van der Waals surface area contributed by atoms with Gasteiger partial charge >= 0.3 is 0 Å². The van der Waals surface area contributed by atoms with Crippen molar-refractivity contribution in [1.82, 2.24) is 19.9 Å². The van der Waals surface area contributed by atoms with Crippen LogP contribution in [0.15, 0.2) is 22.9 Å². The second-order valence-electron chi connectivity index (χ2n) is 6.69. The highest BCUT2D eigenvalue weighted by molar-refractivity contribution is 6.29. The highest BCUT2D eigenvalue weighted by Crippen LogP contribution is 2.33. The van der Waals surface area contributed by atoms with Crippen LogP contribution in [0.5, 0.6) is 0 Å². The minimum absolute atomic E-state index is 0.558. The van der Waals surface area contributed by atoms with Gasteiger partial charge < -0.3 is 4.52 Å². The van der Waals surface area contributed by atoms with E-state index in [-0.39, 0.29) is 0 Å². The minimum Gasteiger partial charge on any atom is -0.361 e. The Morgan fingerprint density at radius 3 is 2.48 bits per heavy atom. The third-order valence-electron chi connectivity index (χ3n) is 5.18. The first-order valence-corrected chi connectivity index (χ1v) is 8.48. The summed E-state index contributed by atoms with van der Waals surface area (Å²) in [6.45, 7) is 8.19. The zero-order valence-corrected chi connectivity index (χ0v) is 14.3. The lowest BCUT2D eigenvalue weighted by Gasteiger charge is -2.34. The molecule has 2 aromatic heterocycles. The van der Waals surface area contributed by atoms with Crippen molar-refractivity contribution >= 4 is 11.6 Å². The molecule has 2 aromatic rings. The number of hydrogen-bond donors (Lipinski definition) is 0. The van der Waals surface area contributed by atoms with E-state index in [9.17, 15) is 0 Å². The van der Waals surface area contributed by atoms with Gasteiger partial charge in [0.1, 0.15) is 10.9 Å². The lowest BCUT2D eigenvalue weighted by atomic mass is 10.1. The second-order valence-corrected chi connectivity index (χ2v) is 7.08. The molecule has 2 aliphatic heterocycles. The van der Waals surface area contributed by atoms with Crippen LogP contribution in [0.3, 0.4) is 0 Å². The van der Waals surface area contributed by atoms with Gasteiger partial charge in [-0.25, -0.2) is 4.98 Å². The summed E-state index contributed by atoms with van der Waals surface area (Å²) < 4.78 is 5.29. The highest BCUT2D eigenvalue weighted by atomic mass is 35.5. The number of piperazine rings is 1. The van der Waals surface area contributed by atoms with Crippen molar-refractivity contribution in [3.8, 4) is 0 Å². The number of halogens is 1. The van der Waals surface area contributed by atoms with Crippen molar-refractivity contribution in [2.24, 2.45) is 0 Å². The molecule has 2 aliphatic rings. The van der Waals surface area contributed by atoms with Gasteiger partial charge in [0.15, 0.2) is 0 Å². The maximum Gasteiger partial charge on any atom is 0.138 e. The number of aromatic nitrogens is 2. The Balaban J connectivity index is 1.39. The molecular formula is C17H21ClN4O. The van der Waals surface area contributed by atoms with E-state index < -0.39 is 0 Å². The summed E-state index contributed by atoms with van der Waals surface area (Å²) in [5.41, 5.74) is 3.51. The molecule has 2 bridgehead atoms. The molecule has 0 spiro atoms. The number of hydrogen-bond acceptors (Lipinski definition) is 5. The van der Waals surface area contributed by atoms with E-state index >= 15 is 0 Å². The average Bonchev–Trinajstić information content (AvgIpc) is 3.20. The van der Waals surface area contributed by atoms with Gasteiger partial charge in [-0.1, -0.05) is 22.8 Å². The SMILES string of the molecule is Cc1noc(C)c1CN1CC2CC1CN2Cc1ccc(Cl)nc1. The van der Waals surface area contributed by atoms with Crippen LogP contribution in [0, 0.1) is 13.8 Å². The summed E-state index contributed by atoms with van der Waals surface area (Å²) in [5.74, 6) is 0.953. The molecule has 0 radical (unpaired) electrons. The van der Waals surface area contributed by atoms with Crippen LogP contribution in [-0.2, 0) is 13.1 Å². The second kappa shape index (κ2) is 5.89. The van der Waals surface area contributed by atoms with Crippen LogP contribution < -0.4 is 0 Å². The summed E-state index contributed by atoms with van der Waals surface area (Å²) in [6, 6.07) is 5.21. The van der Waals surface area contributed by atoms with Gasteiger partial charge in [0, 0.05) is 50.0 Å². The molecule has 23 heavy (non-hydrogen) atoms. The zero-order chi connectivity index (χ0) is 16.0. The summed E-state index contributed by atoms with van der Waals surface area (Å²) in [6.07, 6.45) is 3.14. The highest BCUT2D eigenvalue weighted by Gasteiger charge is 2.43. The fraction of sp³-hybridized carbons (Fsp3) is 0.529. The molecule has 0 saturated carbocycles. The molecule has 6 heteroatoms. The molecule has 122 valence electrons. The summed E-state index contributed by atoms with van der Waals surface area (Å²) >= 11 is 5.86. The van der Waals surface area contributed by atoms with E-state index in [1.807, 2.05) is 26.1 Å². The van der Waals surface area contributed by atoms with Crippen molar-refractivity contribution in [2.75, 3.05) is 13.1 Å². The number of likely N-dealkylation sites (tertiary alicyclic amines) is 2. The zero-order valence-electron chi connectivity index (χ0n) is 13.5. The monoisotopic (exact) mass is 332 g/mol. The maximum absolute atomic E-state index is 5.86. The Hall–Kier alpha value is -1.43. The van der Waals surface area contributed by atoms with Gasteiger partial charge in [0.05, 0.1) is 5.69 Å². The Kier molecular flexibility index (Phi) is 3.87. The Bertz CT molecular complexity index is 680. The fourth-order valence-corrected chi connectivity index (χ4v) is 4.00. The van der Waals surface area contributed by atoms with Gasteiger partial charge in [-0.15, -0.1) is 0 Å². The van der Waals surface area contributed by atoms with Crippen LogP contribution in [0.4, 0.5) is 0 Å². The molecule has 2 unspecified atom stereocenters. The van der Waals surface area contributed by atoms with E-state index in [1.165, 1.54) is 17.5 Å². The molecule has 2 fully saturated rings. The lowest BCUT2D eigenvalue weighted by molar-refractivity contribution is 0.117. The standard InChI is InChI=1S/C17H21ClN4O/c1-11-16(12(2)23-20-11)10-22-9-14-5-15(22)8-21(14)7-13-3-4-17(18)19-6-13/h3-4,6,14-15H,5,7-10H2,1-2H3. The number of fused-ring (bicyclic) bond motifs is 2. The predicted molar refractivity (Wildman–Crippen MR) is 88.2 cm³/mol. The van der Waals surface area contributed by atoms with E-state index in [1.54, 1.807) is 0 Å². The summed E-state index contributed by atoms with van der Waals surface area (Å²) in [7, 11) is 0. The molecule has 0 amide bonds. The number of aryl methyl sites for hydroxylation is 2. The van der Waals surface area contributed by atoms with Gasteiger partial charge in [-0.3, -0.25) is 9.80 Å². The normalized spacial score (nSPS) is 24.7. The van der Waals surface area contributed by atoms with Gasteiger partial charge in [-0.2, -0.15) is 0 Å². The molecule has 0 aliphatic carbocycles. The smallest absolute Gasteiger partial charge is 0.138 e. The topological polar surface area (TPSA) is 45.4 Å². The molecule has 2 atom stereocenters. The van der Waals surface area contributed by atoms with Crippen LogP contribution in [-0.4, -0.2) is 45.1 Å². The van der Waals surface area contributed by atoms with E-state index in [0.29, 0.717) is 17.2 Å². The van der Waals surface area contributed by atoms with Crippen molar-refractivity contribution in [3.63, 3.8) is 0 Å². The van der Waals surface area contributed by atoms with Crippen molar-refractivity contribution in [1.29, 1.82) is 0 Å². The fourth-order valence-electron chi connectivity index (χ4n) is 3.88. The largest absolute Gasteiger partial charge is 0.361 e. The van der Waals surface area contributed by atoms with Gasteiger partial charge in [0.2, 0.25) is 0 Å². The van der Waals surface area contributed by atoms with E-state index in [0.717, 1.165) is 37.6 Å². The average molecular weight is 333 g/mol. The van der Waals surface area contributed by atoms with E-state index in [2.05, 4.69) is 26.0 Å². The van der Waals surface area contributed by atoms with E-state index in [4.69, 9.17) is 16.1 Å². The third-order valence-corrected chi connectivity index (χ3v) is 5.41. The molecule has 4 heterocycles. The first-order valence-electron chi connectivity index (χ1n) is 8.10. The Labute approximate surface area is 141 Å². The molecular weight excluding hydrogens is 312 g/mol. The van der Waals surface area contributed by atoms with Gasteiger partial charge in [-0.05, 0) is 31.9 Å². The van der Waals surface area contributed by atoms with Crippen LogP contribution in [0.2, 0.25) is 5.15 Å². The maximum atomic E-state index is 5.86. The number of nitrogens with zero attached hydrogens (tertiary/aromatic N) is 4. The number of pyridine rings is 1. The Morgan fingerprint density at radius 2 is 1.91 bits per heavy atom. The van der Waals surface area contributed by atoms with Crippen molar-refractivity contribution in [3.05, 3.63) is 46.1 Å². The van der Waals surface area contributed by atoms with Crippen molar-refractivity contribution < 1.29 is 4.52 Å². The first-order chi connectivity index (χ1) is 11.1. The minimum atomic E-state index is 0.558. The first kappa shape index (κ1) is 15.1. The molecule has 0 aromatic carbocycles. The van der Waals surface area contributed by atoms with Crippen molar-refractivity contribution in [2.45, 2.75) is 45.4 Å². The number of rotatable bonds is 4.